The molecule has 9 heteroatoms. The van der Waals surface area contributed by atoms with Gasteiger partial charge in [0.2, 0.25) is 0 Å². The topological polar surface area (TPSA) is 65.0 Å². The first kappa shape index (κ1) is 27.6. The molecule has 214 valence electrons. The number of carbonyl (C=O) groups is 1. The molecule has 0 radical (unpaired) electrons. The zero-order chi connectivity index (χ0) is 28.6. The predicted octanol–water partition coefficient (Wildman–Crippen LogP) is 4.24. The summed E-state index contributed by atoms with van der Waals surface area (Å²) >= 11 is 6.69. The summed E-state index contributed by atoms with van der Waals surface area (Å²) in [5, 5.41) is 2.96. The third-order valence-corrected chi connectivity index (χ3v) is 8.72. The molecule has 3 heterocycles. The van der Waals surface area contributed by atoms with Crippen molar-refractivity contribution in [1.29, 1.82) is 0 Å². The van der Waals surface area contributed by atoms with Gasteiger partial charge in [0.15, 0.2) is 0 Å². The van der Waals surface area contributed by atoms with E-state index in [1.165, 1.54) is 5.56 Å². The lowest BCUT2D eigenvalue weighted by Gasteiger charge is -2.38. The van der Waals surface area contributed by atoms with Crippen molar-refractivity contribution in [3.63, 3.8) is 0 Å². The van der Waals surface area contributed by atoms with Crippen LogP contribution in [0.5, 0.6) is 6.01 Å². The van der Waals surface area contributed by atoms with Crippen LogP contribution < -0.4 is 14.5 Å². The zero-order valence-electron chi connectivity index (χ0n) is 24.1. The van der Waals surface area contributed by atoms with Crippen molar-refractivity contribution in [2.24, 2.45) is 5.41 Å². The average molecular weight is 573 g/mol. The molecule has 1 saturated carbocycles. The first-order chi connectivity index (χ1) is 19.9. The minimum Gasteiger partial charge on any atom is -0.463 e. The van der Waals surface area contributed by atoms with E-state index in [2.05, 4.69) is 64.9 Å². The fourth-order valence-corrected chi connectivity index (χ4v) is 6.46. The van der Waals surface area contributed by atoms with Crippen molar-refractivity contribution in [2.75, 3.05) is 69.8 Å². The SMILES string of the molecule is CC#CC(=O)N1CCN(c2nc(OCC3(CN(C)C)CC3)nc3c2CCN(c2cccc4cccc(Cl)c24)C3)CC1. The van der Waals surface area contributed by atoms with E-state index < -0.39 is 0 Å². The number of fused-ring (bicyclic) bond motifs is 2. The Kier molecular flexibility index (Phi) is 7.67. The Morgan fingerprint density at radius 3 is 2.51 bits per heavy atom. The second-order valence-electron chi connectivity index (χ2n) is 11.7. The Morgan fingerprint density at radius 1 is 1.05 bits per heavy atom. The van der Waals surface area contributed by atoms with Crippen LogP contribution in [0.1, 0.15) is 31.0 Å². The Labute approximate surface area is 247 Å². The quantitative estimate of drug-likeness (QED) is 0.392. The molecular weight excluding hydrogens is 536 g/mol. The standard InChI is InChI=1S/C32H37ClN6O2/c1-4-7-28(40)37-16-18-38(19-17-37)30-24-12-15-39(27-11-6-9-23-8-5-10-25(33)29(23)27)20-26(24)34-31(35-30)41-22-32(13-14-32)21-36(2)3/h5-6,8-11H,12-22H2,1-3H3. The minimum atomic E-state index is -0.110. The predicted molar refractivity (Wildman–Crippen MR) is 164 cm³/mol. The number of nitrogens with zero attached hydrogens (tertiary/aromatic N) is 6. The second kappa shape index (κ2) is 11.4. The molecule has 41 heavy (non-hydrogen) atoms. The van der Waals surface area contributed by atoms with Gasteiger partial charge in [-0.05, 0) is 63.7 Å². The summed E-state index contributed by atoms with van der Waals surface area (Å²) < 4.78 is 6.36. The van der Waals surface area contributed by atoms with Crippen molar-refractivity contribution in [3.05, 3.63) is 52.7 Å². The highest BCUT2D eigenvalue weighted by Gasteiger charge is 2.44. The van der Waals surface area contributed by atoms with Crippen LogP contribution in [0.2, 0.25) is 5.02 Å². The van der Waals surface area contributed by atoms with E-state index in [9.17, 15) is 4.79 Å². The fraction of sp³-hybridized carbons (Fsp3) is 0.469. The number of piperazine rings is 1. The van der Waals surface area contributed by atoms with Gasteiger partial charge in [-0.15, -0.1) is 0 Å². The van der Waals surface area contributed by atoms with Crippen LogP contribution in [0.4, 0.5) is 11.5 Å². The summed E-state index contributed by atoms with van der Waals surface area (Å²) in [5.74, 6) is 6.22. The van der Waals surface area contributed by atoms with Crippen LogP contribution >= 0.6 is 11.6 Å². The average Bonchev–Trinajstić information content (AvgIpc) is 3.74. The van der Waals surface area contributed by atoms with Gasteiger partial charge in [-0.2, -0.15) is 9.97 Å². The monoisotopic (exact) mass is 572 g/mol. The summed E-state index contributed by atoms with van der Waals surface area (Å²) in [7, 11) is 4.22. The first-order valence-corrected chi connectivity index (χ1v) is 14.8. The largest absolute Gasteiger partial charge is 0.463 e. The molecule has 6 rings (SSSR count). The Bertz CT molecular complexity index is 1510. The van der Waals surface area contributed by atoms with Crippen LogP contribution in [0, 0.1) is 17.3 Å². The maximum absolute atomic E-state index is 12.3. The molecule has 0 unspecified atom stereocenters. The van der Waals surface area contributed by atoms with Gasteiger partial charge < -0.3 is 24.3 Å². The molecule has 2 aliphatic heterocycles. The highest BCUT2D eigenvalue weighted by atomic mass is 35.5. The van der Waals surface area contributed by atoms with E-state index in [1.54, 1.807) is 6.92 Å². The van der Waals surface area contributed by atoms with Gasteiger partial charge in [0, 0.05) is 61.3 Å². The number of hydrogen-bond donors (Lipinski definition) is 0. The maximum atomic E-state index is 12.3. The number of anilines is 2. The molecule has 0 N–H and O–H groups in total. The zero-order valence-corrected chi connectivity index (χ0v) is 24.9. The Balaban J connectivity index is 1.30. The van der Waals surface area contributed by atoms with Crippen molar-refractivity contribution >= 4 is 39.8 Å². The molecule has 1 amide bonds. The summed E-state index contributed by atoms with van der Waals surface area (Å²) in [6, 6.07) is 12.8. The number of ether oxygens (including phenoxy) is 1. The van der Waals surface area contributed by atoms with Crippen LogP contribution in [0.3, 0.4) is 0 Å². The van der Waals surface area contributed by atoms with Gasteiger partial charge >= 0.3 is 6.01 Å². The molecule has 8 nitrogen and oxygen atoms in total. The number of halogens is 1. The normalized spacial score (nSPS) is 17.7. The number of amides is 1. The molecule has 3 aromatic rings. The van der Waals surface area contributed by atoms with E-state index in [-0.39, 0.29) is 11.3 Å². The lowest BCUT2D eigenvalue weighted by atomic mass is 10.0. The third kappa shape index (κ3) is 5.79. The van der Waals surface area contributed by atoms with Crippen molar-refractivity contribution in [3.8, 4) is 17.9 Å². The summed E-state index contributed by atoms with van der Waals surface area (Å²) in [5.41, 5.74) is 3.46. The smallest absolute Gasteiger partial charge is 0.318 e. The molecule has 1 aliphatic carbocycles. The van der Waals surface area contributed by atoms with Gasteiger partial charge in [-0.25, -0.2) is 0 Å². The van der Waals surface area contributed by atoms with Crippen molar-refractivity contribution in [1.82, 2.24) is 19.8 Å². The molecule has 1 saturated heterocycles. The molecule has 1 aromatic heterocycles. The van der Waals surface area contributed by atoms with Crippen LogP contribution in [0.15, 0.2) is 36.4 Å². The highest BCUT2D eigenvalue weighted by molar-refractivity contribution is 6.36. The Morgan fingerprint density at radius 2 is 1.80 bits per heavy atom. The van der Waals surface area contributed by atoms with E-state index in [0.29, 0.717) is 45.3 Å². The maximum Gasteiger partial charge on any atom is 0.318 e. The third-order valence-electron chi connectivity index (χ3n) is 8.41. The van der Waals surface area contributed by atoms with E-state index in [0.717, 1.165) is 65.3 Å². The van der Waals surface area contributed by atoms with Gasteiger partial charge in [0.05, 0.1) is 23.9 Å². The summed E-state index contributed by atoms with van der Waals surface area (Å²) in [6.07, 6.45) is 3.14. The van der Waals surface area contributed by atoms with Gasteiger partial charge in [-0.1, -0.05) is 41.8 Å². The van der Waals surface area contributed by atoms with Crippen LogP contribution in [-0.2, 0) is 17.8 Å². The number of benzene rings is 2. The van der Waals surface area contributed by atoms with E-state index in [1.807, 2.05) is 17.0 Å². The number of aromatic nitrogens is 2. The van der Waals surface area contributed by atoms with Crippen molar-refractivity contribution in [2.45, 2.75) is 32.7 Å². The lowest BCUT2D eigenvalue weighted by molar-refractivity contribution is -0.125. The molecule has 2 aromatic carbocycles. The van der Waals surface area contributed by atoms with Crippen LogP contribution in [0.25, 0.3) is 10.8 Å². The molecule has 0 atom stereocenters. The van der Waals surface area contributed by atoms with Gasteiger partial charge in [-0.3, -0.25) is 4.79 Å². The van der Waals surface area contributed by atoms with Gasteiger partial charge in [0.25, 0.3) is 5.91 Å². The highest BCUT2D eigenvalue weighted by Crippen LogP contribution is 2.46. The van der Waals surface area contributed by atoms with Crippen LogP contribution in [-0.4, -0.2) is 85.6 Å². The minimum absolute atomic E-state index is 0.110. The molecule has 0 spiro atoms. The number of carbonyl (C=O) groups excluding carboxylic acids is 1. The molecular formula is C32H37ClN6O2. The molecule has 3 aliphatic rings. The van der Waals surface area contributed by atoms with E-state index >= 15 is 0 Å². The first-order valence-electron chi connectivity index (χ1n) is 14.4. The second-order valence-corrected chi connectivity index (χ2v) is 12.1. The molecule has 0 bridgehead atoms. The Hall–Kier alpha value is -3.54. The molecule has 2 fully saturated rings. The number of rotatable bonds is 7. The fourth-order valence-electron chi connectivity index (χ4n) is 6.18. The van der Waals surface area contributed by atoms with E-state index in [4.69, 9.17) is 26.3 Å². The van der Waals surface area contributed by atoms with Gasteiger partial charge in [0.1, 0.15) is 5.82 Å². The number of hydrogen-bond acceptors (Lipinski definition) is 7. The lowest BCUT2D eigenvalue weighted by Crippen LogP contribution is -2.49. The van der Waals surface area contributed by atoms with Crippen molar-refractivity contribution < 1.29 is 9.53 Å². The summed E-state index contributed by atoms with van der Waals surface area (Å²) in [6.45, 7) is 7.44. The summed E-state index contributed by atoms with van der Waals surface area (Å²) in [4.78, 5) is 31.0.